The molecule has 4 nitrogen and oxygen atoms in total. The van der Waals surface area contributed by atoms with Crippen molar-refractivity contribution in [3.8, 4) is 0 Å². The Morgan fingerprint density at radius 1 is 1.14 bits per heavy atom. The van der Waals surface area contributed by atoms with Crippen molar-refractivity contribution in [2.75, 3.05) is 0 Å². The first kappa shape index (κ1) is 15.2. The van der Waals surface area contributed by atoms with Gasteiger partial charge in [-0.2, -0.15) is 0 Å². The van der Waals surface area contributed by atoms with Gasteiger partial charge in [0.15, 0.2) is 0 Å². The van der Waals surface area contributed by atoms with E-state index in [1.165, 1.54) is 44.9 Å². The van der Waals surface area contributed by atoms with E-state index in [1.54, 1.807) is 0 Å². The summed E-state index contributed by atoms with van der Waals surface area (Å²) >= 11 is 0. The Kier molecular flexibility index (Phi) is 4.88. The predicted octanol–water partition coefficient (Wildman–Crippen LogP) is 3.69. The van der Waals surface area contributed by atoms with E-state index in [4.69, 9.17) is 0 Å². The van der Waals surface area contributed by atoms with Crippen molar-refractivity contribution in [3.05, 3.63) is 40.4 Å². The van der Waals surface area contributed by atoms with Gasteiger partial charge in [0.2, 0.25) is 0 Å². The molecular formula is C18H25N3O. The fourth-order valence-corrected chi connectivity index (χ4v) is 3.36. The Morgan fingerprint density at radius 2 is 1.82 bits per heavy atom. The zero-order valence-electron chi connectivity index (χ0n) is 13.3. The van der Waals surface area contributed by atoms with Gasteiger partial charge in [-0.15, -0.1) is 0 Å². The highest BCUT2D eigenvalue weighted by molar-refractivity contribution is 5.77. The summed E-state index contributed by atoms with van der Waals surface area (Å²) in [6.07, 6.45) is 9.11. The van der Waals surface area contributed by atoms with Crippen LogP contribution in [0.2, 0.25) is 0 Å². The third-order valence-electron chi connectivity index (χ3n) is 4.63. The molecular weight excluding hydrogens is 274 g/mol. The molecule has 3 rings (SSSR count). The molecule has 1 atom stereocenters. The molecule has 0 saturated heterocycles. The second kappa shape index (κ2) is 7.05. The number of hydrogen-bond donors (Lipinski definition) is 2. The Balaban J connectivity index is 1.76. The third-order valence-corrected chi connectivity index (χ3v) is 4.63. The van der Waals surface area contributed by atoms with Crippen molar-refractivity contribution < 1.29 is 0 Å². The zero-order chi connectivity index (χ0) is 15.4. The molecule has 1 fully saturated rings. The molecule has 1 aromatic heterocycles. The second-order valence-electron chi connectivity index (χ2n) is 6.40. The lowest BCUT2D eigenvalue weighted by molar-refractivity contribution is 0.357. The number of aromatic nitrogens is 2. The highest BCUT2D eigenvalue weighted by atomic mass is 16.1. The highest BCUT2D eigenvalue weighted by Crippen LogP contribution is 2.20. The topological polar surface area (TPSA) is 57.8 Å². The Hall–Kier alpha value is -1.68. The lowest BCUT2D eigenvalue weighted by atomic mass is 9.96. The molecule has 118 valence electrons. The van der Waals surface area contributed by atoms with E-state index >= 15 is 0 Å². The summed E-state index contributed by atoms with van der Waals surface area (Å²) in [6, 6.07) is 8.11. The maximum Gasteiger partial charge on any atom is 0.258 e. The molecule has 0 radical (unpaired) electrons. The van der Waals surface area contributed by atoms with Gasteiger partial charge in [-0.1, -0.05) is 44.2 Å². The fraction of sp³-hybridized carbons (Fsp3) is 0.556. The van der Waals surface area contributed by atoms with E-state index in [2.05, 4.69) is 22.2 Å². The summed E-state index contributed by atoms with van der Waals surface area (Å²) in [6.45, 7) is 2.09. The Labute approximate surface area is 131 Å². The van der Waals surface area contributed by atoms with Gasteiger partial charge in [-0.25, -0.2) is 4.98 Å². The van der Waals surface area contributed by atoms with Gasteiger partial charge < -0.3 is 10.3 Å². The van der Waals surface area contributed by atoms with Crippen LogP contribution >= 0.6 is 0 Å². The van der Waals surface area contributed by atoms with Gasteiger partial charge in [-0.05, 0) is 31.9 Å². The number of fused-ring (bicyclic) bond motifs is 1. The van der Waals surface area contributed by atoms with Crippen LogP contribution in [0, 0.1) is 0 Å². The van der Waals surface area contributed by atoms with E-state index in [9.17, 15) is 4.79 Å². The van der Waals surface area contributed by atoms with E-state index in [1.807, 2.05) is 24.3 Å². The first-order chi connectivity index (χ1) is 10.7. The molecule has 2 aromatic rings. The molecule has 4 heteroatoms. The van der Waals surface area contributed by atoms with Gasteiger partial charge in [0.25, 0.3) is 5.56 Å². The average molecular weight is 299 g/mol. The number of nitrogens with zero attached hydrogens (tertiary/aromatic N) is 1. The SMILES string of the molecule is C[C@H](NC1CCCCCCC1)c1nc2ccccc2c(=O)[nH]1. The molecule has 1 aliphatic carbocycles. The summed E-state index contributed by atoms with van der Waals surface area (Å²) in [5.41, 5.74) is 0.722. The molecule has 22 heavy (non-hydrogen) atoms. The van der Waals surface area contributed by atoms with Crippen LogP contribution in [0.15, 0.2) is 29.1 Å². The minimum absolute atomic E-state index is 0.0492. The van der Waals surface area contributed by atoms with Crippen molar-refractivity contribution in [2.24, 2.45) is 0 Å². The van der Waals surface area contributed by atoms with Crippen molar-refractivity contribution in [2.45, 2.75) is 64.0 Å². The second-order valence-corrected chi connectivity index (χ2v) is 6.40. The van der Waals surface area contributed by atoms with Crippen LogP contribution in [-0.4, -0.2) is 16.0 Å². The number of aromatic amines is 1. The van der Waals surface area contributed by atoms with Crippen LogP contribution < -0.4 is 10.9 Å². The van der Waals surface area contributed by atoms with Crippen molar-refractivity contribution in [3.63, 3.8) is 0 Å². The van der Waals surface area contributed by atoms with Crippen molar-refractivity contribution in [1.29, 1.82) is 0 Å². The lowest BCUT2D eigenvalue weighted by Gasteiger charge is -2.24. The minimum Gasteiger partial charge on any atom is -0.309 e. The first-order valence-corrected chi connectivity index (χ1v) is 8.49. The Bertz CT molecular complexity index is 671. The number of H-pyrrole nitrogens is 1. The molecule has 0 unspecified atom stereocenters. The molecule has 1 aromatic carbocycles. The van der Waals surface area contributed by atoms with Crippen LogP contribution in [0.1, 0.15) is 63.7 Å². The van der Waals surface area contributed by atoms with E-state index in [-0.39, 0.29) is 11.6 Å². The van der Waals surface area contributed by atoms with Gasteiger partial charge in [0.1, 0.15) is 5.82 Å². The molecule has 1 heterocycles. The smallest absolute Gasteiger partial charge is 0.258 e. The van der Waals surface area contributed by atoms with Crippen molar-refractivity contribution >= 4 is 10.9 Å². The summed E-state index contributed by atoms with van der Waals surface area (Å²) in [5.74, 6) is 0.741. The van der Waals surface area contributed by atoms with E-state index < -0.39 is 0 Å². The zero-order valence-corrected chi connectivity index (χ0v) is 13.3. The first-order valence-electron chi connectivity index (χ1n) is 8.49. The van der Waals surface area contributed by atoms with Gasteiger partial charge in [0, 0.05) is 6.04 Å². The number of benzene rings is 1. The quantitative estimate of drug-likeness (QED) is 0.909. The molecule has 1 saturated carbocycles. The van der Waals surface area contributed by atoms with E-state index in [0.717, 1.165) is 11.3 Å². The van der Waals surface area contributed by atoms with Crippen LogP contribution in [0.4, 0.5) is 0 Å². The van der Waals surface area contributed by atoms with Crippen LogP contribution in [0.5, 0.6) is 0 Å². The summed E-state index contributed by atoms with van der Waals surface area (Å²) in [4.78, 5) is 19.7. The molecule has 1 aliphatic rings. The van der Waals surface area contributed by atoms with Crippen LogP contribution in [0.3, 0.4) is 0 Å². The number of rotatable bonds is 3. The summed E-state index contributed by atoms with van der Waals surface area (Å²) in [5, 5.41) is 4.32. The van der Waals surface area contributed by atoms with Crippen molar-refractivity contribution in [1.82, 2.24) is 15.3 Å². The summed E-state index contributed by atoms with van der Waals surface area (Å²) < 4.78 is 0. The lowest BCUT2D eigenvalue weighted by Crippen LogP contribution is -2.33. The molecule has 0 spiro atoms. The van der Waals surface area contributed by atoms with E-state index in [0.29, 0.717) is 11.4 Å². The number of para-hydroxylation sites is 1. The molecule has 0 bridgehead atoms. The number of nitrogens with one attached hydrogen (secondary N) is 2. The normalized spacial score (nSPS) is 18.8. The fourth-order valence-electron chi connectivity index (χ4n) is 3.36. The largest absolute Gasteiger partial charge is 0.309 e. The minimum atomic E-state index is -0.0492. The van der Waals surface area contributed by atoms with Crippen LogP contribution in [0.25, 0.3) is 10.9 Å². The molecule has 0 aliphatic heterocycles. The van der Waals surface area contributed by atoms with Gasteiger partial charge >= 0.3 is 0 Å². The van der Waals surface area contributed by atoms with Gasteiger partial charge in [-0.3, -0.25) is 4.79 Å². The predicted molar refractivity (Wildman–Crippen MR) is 90.0 cm³/mol. The Morgan fingerprint density at radius 3 is 2.59 bits per heavy atom. The monoisotopic (exact) mass is 299 g/mol. The van der Waals surface area contributed by atoms with Gasteiger partial charge in [0.05, 0.1) is 16.9 Å². The summed E-state index contributed by atoms with van der Waals surface area (Å²) in [7, 11) is 0. The molecule has 0 amide bonds. The van der Waals surface area contributed by atoms with Crippen LogP contribution in [-0.2, 0) is 0 Å². The third kappa shape index (κ3) is 3.55. The molecule has 2 N–H and O–H groups in total. The maximum absolute atomic E-state index is 12.2. The maximum atomic E-state index is 12.2. The number of hydrogen-bond acceptors (Lipinski definition) is 3. The average Bonchev–Trinajstić information content (AvgIpc) is 2.49. The standard InChI is InChI=1S/C18H25N3O/c1-13(19-14-9-5-3-2-4-6-10-14)17-20-16-12-8-7-11-15(16)18(22)21-17/h7-8,11-14,19H,2-6,9-10H2,1H3,(H,20,21,22)/t13-/m0/s1. The highest BCUT2D eigenvalue weighted by Gasteiger charge is 2.17.